The highest BCUT2D eigenvalue weighted by molar-refractivity contribution is 5.90. The fourth-order valence-electron chi connectivity index (χ4n) is 3.15. The fourth-order valence-corrected chi connectivity index (χ4v) is 3.15. The largest absolute Gasteiger partial charge is 0.326 e. The van der Waals surface area contributed by atoms with Crippen molar-refractivity contribution >= 4 is 24.0 Å². The van der Waals surface area contributed by atoms with E-state index in [1.165, 1.54) is 5.56 Å². The Labute approximate surface area is 149 Å². The second-order valence-electron chi connectivity index (χ2n) is 6.10. The van der Waals surface area contributed by atoms with Crippen LogP contribution in [-0.2, 0) is 4.79 Å². The molecule has 2 atom stereocenters. The minimum atomic E-state index is 0. The normalized spacial score (nSPS) is 20.4. The van der Waals surface area contributed by atoms with E-state index in [1.54, 1.807) is 0 Å². The van der Waals surface area contributed by atoms with Crippen molar-refractivity contribution in [2.45, 2.75) is 18.4 Å². The molecule has 1 aliphatic rings. The highest BCUT2D eigenvalue weighted by Gasteiger charge is 2.30. The van der Waals surface area contributed by atoms with Gasteiger partial charge in [0, 0.05) is 43.7 Å². The summed E-state index contributed by atoms with van der Waals surface area (Å²) in [6, 6.07) is 20.1. The molecule has 2 aromatic rings. The molecule has 1 heterocycles. The van der Waals surface area contributed by atoms with Gasteiger partial charge in [0.25, 0.3) is 0 Å². The average Bonchev–Trinajstić information content (AvgIpc) is 2.96. The number of nitrogens with zero attached hydrogens (tertiary/aromatic N) is 1. The van der Waals surface area contributed by atoms with Crippen LogP contribution in [0.4, 0.5) is 5.69 Å². The number of carbonyl (C=O) groups excluding carboxylic acids is 1. The van der Waals surface area contributed by atoms with E-state index in [2.05, 4.69) is 34.5 Å². The van der Waals surface area contributed by atoms with Crippen molar-refractivity contribution in [3.05, 3.63) is 66.2 Å². The van der Waals surface area contributed by atoms with E-state index in [1.807, 2.05) is 36.4 Å². The summed E-state index contributed by atoms with van der Waals surface area (Å²) in [6.07, 6.45) is 0.489. The second kappa shape index (κ2) is 8.83. The van der Waals surface area contributed by atoms with Crippen LogP contribution in [0.15, 0.2) is 60.7 Å². The van der Waals surface area contributed by atoms with Crippen LogP contribution < -0.4 is 11.1 Å². The molecule has 0 radical (unpaired) electrons. The first kappa shape index (κ1) is 18.5. The fraction of sp³-hybridized carbons (Fsp3) is 0.316. The number of halogens is 1. The van der Waals surface area contributed by atoms with Crippen molar-refractivity contribution in [1.82, 2.24) is 4.90 Å². The molecule has 4 nitrogen and oxygen atoms in total. The molecule has 2 aromatic carbocycles. The smallest absolute Gasteiger partial charge is 0.225 e. The van der Waals surface area contributed by atoms with Crippen LogP contribution in [-0.4, -0.2) is 36.5 Å². The lowest BCUT2D eigenvalue weighted by atomic mass is 9.95. The molecular formula is C19H24ClN3O. The first-order valence-electron chi connectivity index (χ1n) is 8.10. The van der Waals surface area contributed by atoms with Gasteiger partial charge in [0.05, 0.1) is 0 Å². The van der Waals surface area contributed by atoms with Gasteiger partial charge in [-0.2, -0.15) is 0 Å². The van der Waals surface area contributed by atoms with Gasteiger partial charge in [-0.15, -0.1) is 12.4 Å². The van der Waals surface area contributed by atoms with E-state index in [0.29, 0.717) is 12.3 Å². The monoisotopic (exact) mass is 345 g/mol. The summed E-state index contributed by atoms with van der Waals surface area (Å²) >= 11 is 0. The molecule has 0 aromatic heterocycles. The topological polar surface area (TPSA) is 58.4 Å². The Bertz CT molecular complexity index is 636. The summed E-state index contributed by atoms with van der Waals surface area (Å²) in [6.45, 7) is 2.51. The molecule has 0 aliphatic carbocycles. The molecule has 24 heavy (non-hydrogen) atoms. The third-order valence-electron chi connectivity index (χ3n) is 4.38. The van der Waals surface area contributed by atoms with Crippen molar-refractivity contribution in [1.29, 1.82) is 0 Å². The van der Waals surface area contributed by atoms with Crippen LogP contribution in [0, 0.1) is 0 Å². The molecule has 1 aliphatic heterocycles. The predicted octanol–water partition coefficient (Wildman–Crippen LogP) is 2.86. The quantitative estimate of drug-likeness (QED) is 0.876. The summed E-state index contributed by atoms with van der Waals surface area (Å²) in [5.41, 5.74) is 8.42. The van der Waals surface area contributed by atoms with Crippen LogP contribution in [0.1, 0.15) is 17.9 Å². The Balaban J connectivity index is 0.00000208. The van der Waals surface area contributed by atoms with Crippen molar-refractivity contribution in [3.8, 4) is 0 Å². The highest BCUT2D eigenvalue weighted by atomic mass is 35.5. The van der Waals surface area contributed by atoms with Crippen LogP contribution >= 0.6 is 12.4 Å². The number of carbonyl (C=O) groups is 1. The maximum atomic E-state index is 12.0. The molecule has 0 unspecified atom stereocenters. The first-order chi connectivity index (χ1) is 11.2. The van der Waals surface area contributed by atoms with E-state index in [4.69, 9.17) is 5.73 Å². The van der Waals surface area contributed by atoms with Gasteiger partial charge in [0.2, 0.25) is 5.91 Å². The Morgan fingerprint density at radius 3 is 2.33 bits per heavy atom. The van der Waals surface area contributed by atoms with Gasteiger partial charge in [-0.1, -0.05) is 48.5 Å². The molecule has 1 fully saturated rings. The Kier molecular flexibility index (Phi) is 6.79. The lowest BCUT2D eigenvalue weighted by molar-refractivity contribution is -0.116. The van der Waals surface area contributed by atoms with E-state index in [-0.39, 0.29) is 24.4 Å². The maximum Gasteiger partial charge on any atom is 0.225 e. The van der Waals surface area contributed by atoms with Gasteiger partial charge in [-0.05, 0) is 17.7 Å². The van der Waals surface area contributed by atoms with Crippen molar-refractivity contribution < 1.29 is 4.79 Å². The van der Waals surface area contributed by atoms with E-state index in [9.17, 15) is 4.79 Å². The third kappa shape index (κ3) is 4.81. The summed E-state index contributed by atoms with van der Waals surface area (Å²) in [7, 11) is 0. The predicted molar refractivity (Wildman–Crippen MR) is 101 cm³/mol. The molecule has 1 saturated heterocycles. The van der Waals surface area contributed by atoms with Crippen molar-refractivity contribution in [3.63, 3.8) is 0 Å². The Hall–Kier alpha value is -1.88. The molecule has 0 saturated carbocycles. The molecule has 5 heteroatoms. The van der Waals surface area contributed by atoms with Gasteiger partial charge in [0.15, 0.2) is 0 Å². The molecular weight excluding hydrogens is 322 g/mol. The standard InChI is InChI=1S/C19H23N3O.ClH/c20-18-14-22(13-17(18)15-7-3-1-4-8-15)12-11-19(23)21-16-9-5-2-6-10-16;/h1-10,17-18H,11-14,20H2,(H,21,23);1H/t17-,18+;/m0./s1. The van der Waals surface area contributed by atoms with Gasteiger partial charge in [-0.25, -0.2) is 0 Å². The molecule has 3 N–H and O–H groups in total. The number of nitrogens with one attached hydrogen (secondary N) is 1. The minimum absolute atomic E-state index is 0. The second-order valence-corrected chi connectivity index (χ2v) is 6.10. The number of benzene rings is 2. The number of amides is 1. The van der Waals surface area contributed by atoms with Crippen molar-refractivity contribution in [2.75, 3.05) is 25.0 Å². The molecule has 1 amide bonds. The van der Waals surface area contributed by atoms with Crippen LogP contribution in [0.5, 0.6) is 0 Å². The number of hydrogen-bond acceptors (Lipinski definition) is 3. The summed E-state index contributed by atoms with van der Waals surface area (Å²) < 4.78 is 0. The van der Waals surface area contributed by atoms with Gasteiger partial charge in [0.1, 0.15) is 0 Å². The molecule has 0 bridgehead atoms. The number of anilines is 1. The first-order valence-corrected chi connectivity index (χ1v) is 8.10. The van der Waals surface area contributed by atoms with Crippen LogP contribution in [0.25, 0.3) is 0 Å². The molecule has 3 rings (SSSR count). The van der Waals surface area contributed by atoms with Crippen molar-refractivity contribution in [2.24, 2.45) is 5.73 Å². The zero-order valence-corrected chi connectivity index (χ0v) is 14.4. The van der Waals surface area contributed by atoms with E-state index in [0.717, 1.165) is 25.3 Å². The number of likely N-dealkylation sites (tertiary alicyclic amines) is 1. The van der Waals surface area contributed by atoms with Crippen LogP contribution in [0.2, 0.25) is 0 Å². The number of hydrogen-bond donors (Lipinski definition) is 2. The number of nitrogens with two attached hydrogens (primary N) is 1. The zero-order chi connectivity index (χ0) is 16.1. The summed E-state index contributed by atoms with van der Waals surface area (Å²) in [5, 5.41) is 2.92. The zero-order valence-electron chi connectivity index (χ0n) is 13.6. The SMILES string of the molecule is Cl.N[C@@H]1CN(CCC(=O)Nc2ccccc2)C[C@H]1c1ccccc1. The Morgan fingerprint density at radius 2 is 1.67 bits per heavy atom. The lowest BCUT2D eigenvalue weighted by Gasteiger charge is -2.16. The third-order valence-corrected chi connectivity index (χ3v) is 4.38. The minimum Gasteiger partial charge on any atom is -0.326 e. The molecule has 128 valence electrons. The maximum absolute atomic E-state index is 12.0. The van der Waals surface area contributed by atoms with Gasteiger partial charge >= 0.3 is 0 Å². The van der Waals surface area contributed by atoms with E-state index < -0.39 is 0 Å². The van der Waals surface area contributed by atoms with Crippen LogP contribution in [0.3, 0.4) is 0 Å². The average molecular weight is 346 g/mol. The van der Waals surface area contributed by atoms with Gasteiger partial charge in [-0.3, -0.25) is 4.79 Å². The highest BCUT2D eigenvalue weighted by Crippen LogP contribution is 2.26. The number of rotatable bonds is 5. The van der Waals surface area contributed by atoms with Gasteiger partial charge < -0.3 is 16.0 Å². The van der Waals surface area contributed by atoms with E-state index >= 15 is 0 Å². The lowest BCUT2D eigenvalue weighted by Crippen LogP contribution is -2.30. The molecule has 0 spiro atoms. The summed E-state index contributed by atoms with van der Waals surface area (Å²) in [5.74, 6) is 0.404. The Morgan fingerprint density at radius 1 is 1.04 bits per heavy atom. The number of para-hydroxylation sites is 1. The summed E-state index contributed by atoms with van der Waals surface area (Å²) in [4.78, 5) is 14.3.